The standard InChI is InChI=1S/C17H14ClNO3/c18-11-2-3-12-13(17(20)19-14(12)9-11)7-10-1-4-15-16(8-10)22-6-5-21-15/h1-4,8-9,13H,5-7H2,(H,19,20). The fourth-order valence-electron chi connectivity index (χ4n) is 2.95. The molecular weight excluding hydrogens is 302 g/mol. The molecule has 0 saturated heterocycles. The van der Waals surface area contributed by atoms with Crippen LogP contribution in [0, 0.1) is 0 Å². The van der Waals surface area contributed by atoms with Gasteiger partial charge in [0, 0.05) is 10.7 Å². The van der Waals surface area contributed by atoms with E-state index in [-0.39, 0.29) is 11.8 Å². The highest BCUT2D eigenvalue weighted by Crippen LogP contribution is 2.38. The average Bonchev–Trinajstić information content (AvgIpc) is 2.82. The summed E-state index contributed by atoms with van der Waals surface area (Å²) >= 11 is 5.98. The van der Waals surface area contributed by atoms with E-state index in [1.807, 2.05) is 30.3 Å². The molecule has 0 saturated carbocycles. The van der Waals surface area contributed by atoms with Crippen molar-refractivity contribution < 1.29 is 14.3 Å². The van der Waals surface area contributed by atoms with E-state index in [0.29, 0.717) is 24.7 Å². The number of carbonyl (C=O) groups excluding carboxylic acids is 1. The van der Waals surface area contributed by atoms with Gasteiger partial charge in [-0.1, -0.05) is 23.7 Å². The third-order valence-electron chi connectivity index (χ3n) is 4.01. The lowest BCUT2D eigenvalue weighted by molar-refractivity contribution is -0.117. The second-order valence-corrected chi connectivity index (χ2v) is 5.89. The topological polar surface area (TPSA) is 47.6 Å². The lowest BCUT2D eigenvalue weighted by Gasteiger charge is -2.19. The Labute approximate surface area is 133 Å². The summed E-state index contributed by atoms with van der Waals surface area (Å²) in [7, 11) is 0. The Morgan fingerprint density at radius 2 is 1.91 bits per heavy atom. The molecule has 1 amide bonds. The van der Waals surface area contributed by atoms with Crippen molar-refractivity contribution in [3.63, 3.8) is 0 Å². The monoisotopic (exact) mass is 315 g/mol. The van der Waals surface area contributed by atoms with Gasteiger partial charge in [0.25, 0.3) is 0 Å². The fraction of sp³-hybridized carbons (Fsp3) is 0.235. The molecule has 112 valence electrons. The van der Waals surface area contributed by atoms with Crippen LogP contribution in [0.15, 0.2) is 36.4 Å². The molecule has 2 aliphatic heterocycles. The van der Waals surface area contributed by atoms with Gasteiger partial charge in [-0.05, 0) is 41.8 Å². The van der Waals surface area contributed by atoms with Crippen LogP contribution in [0.2, 0.25) is 5.02 Å². The maximum absolute atomic E-state index is 12.2. The van der Waals surface area contributed by atoms with E-state index in [4.69, 9.17) is 21.1 Å². The number of anilines is 1. The number of hydrogen-bond acceptors (Lipinski definition) is 3. The summed E-state index contributed by atoms with van der Waals surface area (Å²) < 4.78 is 11.1. The van der Waals surface area contributed by atoms with Crippen LogP contribution in [-0.4, -0.2) is 19.1 Å². The van der Waals surface area contributed by atoms with E-state index >= 15 is 0 Å². The smallest absolute Gasteiger partial charge is 0.232 e. The highest BCUT2D eigenvalue weighted by Gasteiger charge is 2.30. The molecule has 0 radical (unpaired) electrons. The van der Waals surface area contributed by atoms with Gasteiger partial charge >= 0.3 is 0 Å². The van der Waals surface area contributed by atoms with E-state index in [1.54, 1.807) is 6.07 Å². The zero-order valence-electron chi connectivity index (χ0n) is 11.8. The second kappa shape index (κ2) is 5.21. The van der Waals surface area contributed by atoms with Crippen molar-refractivity contribution in [2.24, 2.45) is 0 Å². The summed E-state index contributed by atoms with van der Waals surface area (Å²) in [6.07, 6.45) is 0.622. The predicted molar refractivity (Wildman–Crippen MR) is 84.0 cm³/mol. The lowest BCUT2D eigenvalue weighted by Crippen LogP contribution is -2.16. The first kappa shape index (κ1) is 13.5. The molecule has 2 aromatic carbocycles. The number of ether oxygens (including phenoxy) is 2. The van der Waals surface area contributed by atoms with Crippen molar-refractivity contribution in [3.05, 3.63) is 52.5 Å². The summed E-state index contributed by atoms with van der Waals surface area (Å²) in [6.45, 7) is 1.13. The number of rotatable bonds is 2. The zero-order valence-corrected chi connectivity index (χ0v) is 12.5. The van der Waals surface area contributed by atoms with Gasteiger partial charge in [0.2, 0.25) is 5.91 Å². The number of nitrogens with one attached hydrogen (secondary N) is 1. The van der Waals surface area contributed by atoms with E-state index in [0.717, 1.165) is 28.3 Å². The Morgan fingerprint density at radius 3 is 2.77 bits per heavy atom. The van der Waals surface area contributed by atoms with Crippen molar-refractivity contribution in [3.8, 4) is 11.5 Å². The molecule has 4 nitrogen and oxygen atoms in total. The van der Waals surface area contributed by atoms with Crippen LogP contribution in [-0.2, 0) is 11.2 Å². The Bertz CT molecular complexity index is 760. The second-order valence-electron chi connectivity index (χ2n) is 5.46. The van der Waals surface area contributed by atoms with Crippen LogP contribution >= 0.6 is 11.6 Å². The molecule has 0 spiro atoms. The van der Waals surface area contributed by atoms with Crippen molar-refractivity contribution in [1.29, 1.82) is 0 Å². The summed E-state index contributed by atoms with van der Waals surface area (Å²) in [4.78, 5) is 12.2. The third kappa shape index (κ3) is 2.29. The molecule has 5 heteroatoms. The fourth-order valence-corrected chi connectivity index (χ4v) is 3.13. The molecule has 0 bridgehead atoms. The largest absolute Gasteiger partial charge is 0.486 e. The number of carbonyl (C=O) groups is 1. The molecule has 4 rings (SSSR count). The van der Waals surface area contributed by atoms with Crippen LogP contribution < -0.4 is 14.8 Å². The van der Waals surface area contributed by atoms with Gasteiger partial charge in [0.1, 0.15) is 13.2 Å². The molecule has 2 aliphatic rings. The van der Waals surface area contributed by atoms with E-state index in [9.17, 15) is 4.79 Å². The molecular formula is C17H14ClNO3. The van der Waals surface area contributed by atoms with Gasteiger partial charge in [-0.15, -0.1) is 0 Å². The van der Waals surface area contributed by atoms with Gasteiger partial charge in [0.15, 0.2) is 11.5 Å². The Balaban J connectivity index is 1.63. The average molecular weight is 316 g/mol. The first-order chi connectivity index (χ1) is 10.7. The van der Waals surface area contributed by atoms with Gasteiger partial charge < -0.3 is 14.8 Å². The predicted octanol–water partition coefficient (Wildman–Crippen LogP) is 3.39. The maximum Gasteiger partial charge on any atom is 0.232 e. The number of amides is 1. The van der Waals surface area contributed by atoms with Crippen molar-refractivity contribution >= 4 is 23.2 Å². The van der Waals surface area contributed by atoms with Gasteiger partial charge in [0.05, 0.1) is 5.92 Å². The van der Waals surface area contributed by atoms with Crippen LogP contribution in [0.4, 0.5) is 5.69 Å². The number of benzene rings is 2. The molecule has 0 aliphatic carbocycles. The molecule has 22 heavy (non-hydrogen) atoms. The molecule has 1 N–H and O–H groups in total. The molecule has 0 fully saturated rings. The number of fused-ring (bicyclic) bond motifs is 2. The van der Waals surface area contributed by atoms with Crippen molar-refractivity contribution in [1.82, 2.24) is 0 Å². The van der Waals surface area contributed by atoms with Crippen LogP contribution in [0.5, 0.6) is 11.5 Å². The molecule has 1 unspecified atom stereocenters. The van der Waals surface area contributed by atoms with Crippen LogP contribution in [0.1, 0.15) is 17.0 Å². The summed E-state index contributed by atoms with van der Waals surface area (Å²) in [5, 5.41) is 3.52. The highest BCUT2D eigenvalue weighted by atomic mass is 35.5. The minimum absolute atomic E-state index is 0.00663. The molecule has 2 aromatic rings. The number of hydrogen-bond donors (Lipinski definition) is 1. The van der Waals surface area contributed by atoms with E-state index in [1.165, 1.54) is 0 Å². The molecule has 2 heterocycles. The Morgan fingerprint density at radius 1 is 1.09 bits per heavy atom. The normalized spacial score (nSPS) is 18.8. The summed E-state index contributed by atoms with van der Waals surface area (Å²) in [5.41, 5.74) is 2.84. The quantitative estimate of drug-likeness (QED) is 0.924. The SMILES string of the molecule is O=C1Nc2cc(Cl)ccc2C1Cc1ccc2c(c1)OCCO2. The van der Waals surface area contributed by atoms with Crippen LogP contribution in [0.3, 0.4) is 0 Å². The van der Waals surface area contributed by atoms with Gasteiger partial charge in [-0.2, -0.15) is 0 Å². The number of halogens is 1. The Hall–Kier alpha value is -2.20. The van der Waals surface area contributed by atoms with Crippen LogP contribution in [0.25, 0.3) is 0 Å². The maximum atomic E-state index is 12.2. The zero-order chi connectivity index (χ0) is 15.1. The van der Waals surface area contributed by atoms with Crippen molar-refractivity contribution in [2.75, 3.05) is 18.5 Å². The molecule has 1 atom stereocenters. The van der Waals surface area contributed by atoms with Gasteiger partial charge in [-0.25, -0.2) is 0 Å². The minimum atomic E-state index is -0.199. The third-order valence-corrected chi connectivity index (χ3v) is 4.25. The molecule has 0 aromatic heterocycles. The van der Waals surface area contributed by atoms with Gasteiger partial charge in [-0.3, -0.25) is 4.79 Å². The summed E-state index contributed by atoms with van der Waals surface area (Å²) in [5.74, 6) is 1.32. The minimum Gasteiger partial charge on any atom is -0.486 e. The highest BCUT2D eigenvalue weighted by molar-refractivity contribution is 6.31. The first-order valence-electron chi connectivity index (χ1n) is 7.19. The Kier molecular flexibility index (Phi) is 3.19. The van der Waals surface area contributed by atoms with E-state index < -0.39 is 0 Å². The van der Waals surface area contributed by atoms with E-state index in [2.05, 4.69) is 5.32 Å². The summed E-state index contributed by atoms with van der Waals surface area (Å²) in [6, 6.07) is 11.4. The lowest BCUT2D eigenvalue weighted by atomic mass is 9.93. The van der Waals surface area contributed by atoms with Crippen molar-refractivity contribution in [2.45, 2.75) is 12.3 Å². The first-order valence-corrected chi connectivity index (χ1v) is 7.57.